The summed E-state index contributed by atoms with van der Waals surface area (Å²) in [5.74, 6) is 0.372. The number of aliphatic hydroxyl groups excluding tert-OH is 1. The van der Waals surface area contributed by atoms with Gasteiger partial charge < -0.3 is 14.9 Å². The third kappa shape index (κ3) is 3.26. The van der Waals surface area contributed by atoms with Crippen molar-refractivity contribution >= 4 is 11.8 Å². The standard InChI is InChI=1S/C14H24N2O3/c1-10(17)12-5-7-16(8-12)14(19)13-4-3-6-15(9-13)11(2)18/h10,12-13,17H,3-9H2,1-2H3. The van der Waals surface area contributed by atoms with Gasteiger partial charge in [-0.15, -0.1) is 0 Å². The van der Waals surface area contributed by atoms with Crippen molar-refractivity contribution in [2.75, 3.05) is 26.2 Å². The van der Waals surface area contributed by atoms with Crippen LogP contribution in [0.5, 0.6) is 0 Å². The number of hydrogen-bond donors (Lipinski definition) is 1. The van der Waals surface area contributed by atoms with Gasteiger partial charge in [-0.2, -0.15) is 0 Å². The zero-order valence-corrected chi connectivity index (χ0v) is 11.8. The van der Waals surface area contributed by atoms with Crippen LogP contribution in [0, 0.1) is 11.8 Å². The van der Waals surface area contributed by atoms with Crippen molar-refractivity contribution in [3.63, 3.8) is 0 Å². The first-order valence-corrected chi connectivity index (χ1v) is 7.21. The molecule has 0 aliphatic carbocycles. The Balaban J connectivity index is 1.91. The molecular formula is C14H24N2O3. The molecule has 108 valence electrons. The van der Waals surface area contributed by atoms with Crippen LogP contribution >= 0.6 is 0 Å². The van der Waals surface area contributed by atoms with Gasteiger partial charge in [-0.1, -0.05) is 0 Å². The molecule has 0 aromatic carbocycles. The molecule has 0 saturated carbocycles. The summed E-state index contributed by atoms with van der Waals surface area (Å²) in [6, 6.07) is 0. The number of hydrogen-bond acceptors (Lipinski definition) is 3. The number of rotatable bonds is 2. The van der Waals surface area contributed by atoms with Crippen LogP contribution in [0.1, 0.15) is 33.1 Å². The summed E-state index contributed by atoms with van der Waals surface area (Å²) in [6.07, 6.45) is 2.31. The summed E-state index contributed by atoms with van der Waals surface area (Å²) >= 11 is 0. The highest BCUT2D eigenvalue weighted by atomic mass is 16.3. The number of amides is 2. The first kappa shape index (κ1) is 14.3. The number of likely N-dealkylation sites (tertiary alicyclic amines) is 2. The van der Waals surface area contributed by atoms with Crippen LogP contribution in [0.3, 0.4) is 0 Å². The Labute approximate surface area is 114 Å². The number of carbonyl (C=O) groups excluding carboxylic acids is 2. The Morgan fingerprint density at radius 1 is 1.16 bits per heavy atom. The SMILES string of the molecule is CC(=O)N1CCCC(C(=O)N2CCC(C(C)O)C2)C1. The van der Waals surface area contributed by atoms with E-state index in [9.17, 15) is 14.7 Å². The molecule has 0 aromatic heterocycles. The molecule has 0 radical (unpaired) electrons. The monoisotopic (exact) mass is 268 g/mol. The molecule has 2 aliphatic heterocycles. The van der Waals surface area contributed by atoms with Gasteiger partial charge in [0.2, 0.25) is 11.8 Å². The fraction of sp³-hybridized carbons (Fsp3) is 0.857. The van der Waals surface area contributed by atoms with Crippen molar-refractivity contribution < 1.29 is 14.7 Å². The highest BCUT2D eigenvalue weighted by Gasteiger charge is 2.34. The first-order chi connectivity index (χ1) is 8.99. The minimum Gasteiger partial charge on any atom is -0.393 e. The Morgan fingerprint density at radius 3 is 2.47 bits per heavy atom. The summed E-state index contributed by atoms with van der Waals surface area (Å²) in [4.78, 5) is 27.5. The van der Waals surface area contributed by atoms with E-state index in [1.807, 2.05) is 4.90 Å². The highest BCUT2D eigenvalue weighted by molar-refractivity contribution is 5.81. The Bertz CT molecular complexity index is 357. The van der Waals surface area contributed by atoms with Crippen molar-refractivity contribution in [1.82, 2.24) is 9.80 Å². The second kappa shape index (κ2) is 5.90. The smallest absolute Gasteiger partial charge is 0.227 e. The van der Waals surface area contributed by atoms with Gasteiger partial charge in [0.15, 0.2) is 0 Å². The molecule has 2 aliphatic rings. The minimum atomic E-state index is -0.349. The van der Waals surface area contributed by atoms with E-state index in [2.05, 4.69) is 0 Å². The van der Waals surface area contributed by atoms with Gasteiger partial charge in [-0.25, -0.2) is 0 Å². The van der Waals surface area contributed by atoms with Crippen LogP contribution in [0.4, 0.5) is 0 Å². The lowest BCUT2D eigenvalue weighted by molar-refractivity contribution is -0.139. The molecule has 19 heavy (non-hydrogen) atoms. The van der Waals surface area contributed by atoms with Crippen LogP contribution in [0.15, 0.2) is 0 Å². The molecule has 0 bridgehead atoms. The Hall–Kier alpha value is -1.10. The molecule has 3 atom stereocenters. The van der Waals surface area contributed by atoms with Crippen LogP contribution < -0.4 is 0 Å². The van der Waals surface area contributed by atoms with E-state index in [4.69, 9.17) is 0 Å². The molecule has 5 heteroatoms. The average Bonchev–Trinajstić information content (AvgIpc) is 2.87. The number of aliphatic hydroxyl groups is 1. The third-order valence-corrected chi connectivity index (χ3v) is 4.43. The predicted molar refractivity (Wildman–Crippen MR) is 71.3 cm³/mol. The maximum absolute atomic E-state index is 12.4. The molecule has 0 spiro atoms. The Kier molecular flexibility index (Phi) is 4.45. The van der Waals surface area contributed by atoms with Gasteiger partial charge >= 0.3 is 0 Å². The molecule has 2 rings (SSSR count). The minimum absolute atomic E-state index is 0.0506. The summed E-state index contributed by atoms with van der Waals surface area (Å²) in [5.41, 5.74) is 0. The first-order valence-electron chi connectivity index (χ1n) is 7.21. The quantitative estimate of drug-likeness (QED) is 0.792. The van der Waals surface area contributed by atoms with Crippen molar-refractivity contribution in [3.8, 4) is 0 Å². The second-order valence-electron chi connectivity index (χ2n) is 5.88. The lowest BCUT2D eigenvalue weighted by Crippen LogP contribution is -2.45. The number of nitrogens with zero attached hydrogens (tertiary/aromatic N) is 2. The van der Waals surface area contributed by atoms with Crippen molar-refractivity contribution in [3.05, 3.63) is 0 Å². The average molecular weight is 268 g/mol. The van der Waals surface area contributed by atoms with Gasteiger partial charge in [-0.3, -0.25) is 9.59 Å². The summed E-state index contributed by atoms with van der Waals surface area (Å²) < 4.78 is 0. The molecule has 2 fully saturated rings. The molecule has 3 unspecified atom stereocenters. The van der Waals surface area contributed by atoms with Crippen molar-refractivity contribution in [2.24, 2.45) is 11.8 Å². The molecule has 2 heterocycles. The third-order valence-electron chi connectivity index (χ3n) is 4.43. The highest BCUT2D eigenvalue weighted by Crippen LogP contribution is 2.25. The lowest BCUT2D eigenvalue weighted by atomic mass is 9.96. The summed E-state index contributed by atoms with van der Waals surface area (Å²) in [7, 11) is 0. The predicted octanol–water partition coefficient (Wildman–Crippen LogP) is 0.474. The van der Waals surface area contributed by atoms with Crippen LogP contribution in [-0.4, -0.2) is 59.0 Å². The normalized spacial score (nSPS) is 29.4. The maximum atomic E-state index is 12.4. The lowest BCUT2D eigenvalue weighted by Gasteiger charge is -2.33. The van der Waals surface area contributed by atoms with E-state index in [1.54, 1.807) is 18.7 Å². The molecule has 0 aromatic rings. The van der Waals surface area contributed by atoms with Gasteiger partial charge in [0.25, 0.3) is 0 Å². The summed E-state index contributed by atoms with van der Waals surface area (Å²) in [5, 5.41) is 9.59. The van der Waals surface area contributed by atoms with E-state index in [0.717, 1.165) is 32.4 Å². The Morgan fingerprint density at radius 2 is 1.89 bits per heavy atom. The summed E-state index contributed by atoms with van der Waals surface area (Å²) in [6.45, 7) is 6.08. The van der Waals surface area contributed by atoms with Crippen LogP contribution in [0.25, 0.3) is 0 Å². The number of piperidine rings is 1. The molecule has 5 nitrogen and oxygen atoms in total. The molecule has 2 saturated heterocycles. The van der Waals surface area contributed by atoms with E-state index < -0.39 is 0 Å². The topological polar surface area (TPSA) is 60.9 Å². The fourth-order valence-electron chi connectivity index (χ4n) is 3.10. The van der Waals surface area contributed by atoms with E-state index in [1.165, 1.54) is 0 Å². The molecule has 1 N–H and O–H groups in total. The van der Waals surface area contributed by atoms with E-state index in [0.29, 0.717) is 13.1 Å². The van der Waals surface area contributed by atoms with Crippen LogP contribution in [-0.2, 0) is 9.59 Å². The van der Waals surface area contributed by atoms with Crippen LogP contribution in [0.2, 0.25) is 0 Å². The van der Waals surface area contributed by atoms with Gasteiger partial charge in [0.05, 0.1) is 12.0 Å². The van der Waals surface area contributed by atoms with E-state index >= 15 is 0 Å². The van der Waals surface area contributed by atoms with Crippen molar-refractivity contribution in [1.29, 1.82) is 0 Å². The second-order valence-corrected chi connectivity index (χ2v) is 5.88. The maximum Gasteiger partial charge on any atom is 0.227 e. The van der Waals surface area contributed by atoms with Gasteiger partial charge in [0, 0.05) is 39.0 Å². The molecular weight excluding hydrogens is 244 g/mol. The van der Waals surface area contributed by atoms with E-state index in [-0.39, 0.29) is 29.8 Å². The number of carbonyl (C=O) groups is 2. The largest absolute Gasteiger partial charge is 0.393 e. The van der Waals surface area contributed by atoms with Gasteiger partial charge in [0.1, 0.15) is 0 Å². The van der Waals surface area contributed by atoms with Crippen molar-refractivity contribution in [2.45, 2.75) is 39.2 Å². The zero-order chi connectivity index (χ0) is 14.0. The van der Waals surface area contributed by atoms with Gasteiger partial charge in [-0.05, 0) is 26.2 Å². The zero-order valence-electron chi connectivity index (χ0n) is 11.8. The fourth-order valence-corrected chi connectivity index (χ4v) is 3.10. The molecule has 2 amide bonds.